The third kappa shape index (κ3) is 5.12. The van der Waals surface area contributed by atoms with E-state index in [1.54, 1.807) is 0 Å². The fraction of sp³-hybridized carbons (Fsp3) is 0.577. The van der Waals surface area contributed by atoms with E-state index in [1.165, 1.54) is 24.4 Å². The molecule has 5 atom stereocenters. The zero-order valence-electron chi connectivity index (χ0n) is 21.6. The van der Waals surface area contributed by atoms with Crippen LogP contribution in [0.1, 0.15) is 63.6 Å². The number of nitrogens with zero attached hydrogens (tertiary/aromatic N) is 2. The minimum Gasteiger partial charge on any atom is -0.465 e. The van der Waals surface area contributed by atoms with E-state index in [2.05, 4.69) is 22.0 Å². The number of hydrogen-bond donors (Lipinski definition) is 4. The first-order chi connectivity index (χ1) is 17.4. The summed E-state index contributed by atoms with van der Waals surface area (Å²) < 4.78 is 0. The average molecular weight is 514 g/mol. The summed E-state index contributed by atoms with van der Waals surface area (Å²) in [6.07, 6.45) is 0.772. The van der Waals surface area contributed by atoms with Crippen LogP contribution in [0.3, 0.4) is 0 Å². The summed E-state index contributed by atoms with van der Waals surface area (Å²) in [5.41, 5.74) is 1.63. The number of benzene rings is 1. The van der Waals surface area contributed by atoms with E-state index >= 15 is 0 Å². The molecule has 1 aliphatic carbocycles. The van der Waals surface area contributed by atoms with Crippen LogP contribution < -0.4 is 16.0 Å². The van der Waals surface area contributed by atoms with E-state index < -0.39 is 53.5 Å². The summed E-state index contributed by atoms with van der Waals surface area (Å²) in [6.45, 7) is 5.17. The van der Waals surface area contributed by atoms with E-state index in [0.29, 0.717) is 6.42 Å². The molecular weight excluding hydrogens is 478 g/mol. The zero-order chi connectivity index (χ0) is 27.1. The smallest absolute Gasteiger partial charge is 0.407 e. The molecule has 11 nitrogen and oxygen atoms in total. The van der Waals surface area contributed by atoms with Crippen LogP contribution in [0.25, 0.3) is 0 Å². The van der Waals surface area contributed by atoms with Crippen molar-refractivity contribution in [1.29, 1.82) is 0 Å². The molecule has 2 fully saturated rings. The van der Waals surface area contributed by atoms with Gasteiger partial charge in [0, 0.05) is 7.05 Å². The first kappa shape index (κ1) is 26.4. The third-order valence-electron chi connectivity index (χ3n) is 7.86. The quantitative estimate of drug-likeness (QED) is 0.464. The number of likely N-dealkylation sites (N-methyl/N-ethyl adjacent to an activating group) is 1. The molecule has 4 N–H and O–H groups in total. The van der Waals surface area contributed by atoms with Gasteiger partial charge in [-0.25, -0.2) is 4.79 Å². The van der Waals surface area contributed by atoms with Gasteiger partial charge in [-0.05, 0) is 49.1 Å². The maximum atomic E-state index is 13.8. The van der Waals surface area contributed by atoms with Gasteiger partial charge < -0.3 is 26.0 Å². The summed E-state index contributed by atoms with van der Waals surface area (Å²) in [5.74, 6) is -1.98. The van der Waals surface area contributed by atoms with Gasteiger partial charge in [-0.3, -0.25) is 24.1 Å². The lowest BCUT2D eigenvalue weighted by molar-refractivity contribution is -0.145. The summed E-state index contributed by atoms with van der Waals surface area (Å²) in [7, 11) is 1.25. The largest absolute Gasteiger partial charge is 0.465 e. The van der Waals surface area contributed by atoms with Crippen molar-refractivity contribution in [2.45, 2.75) is 83.2 Å². The molecule has 0 bridgehead atoms. The van der Waals surface area contributed by atoms with Gasteiger partial charge in [0.25, 0.3) is 0 Å². The number of rotatable bonds is 5. The molecular formula is C26H35N5O6. The molecule has 3 aliphatic rings. The number of amides is 5. The van der Waals surface area contributed by atoms with Gasteiger partial charge in [-0.2, -0.15) is 0 Å². The van der Waals surface area contributed by atoms with Gasteiger partial charge in [0.1, 0.15) is 24.3 Å². The summed E-state index contributed by atoms with van der Waals surface area (Å²) in [4.78, 5) is 66.4. The van der Waals surface area contributed by atoms with Gasteiger partial charge >= 0.3 is 6.09 Å². The van der Waals surface area contributed by atoms with E-state index in [9.17, 15) is 29.1 Å². The fourth-order valence-electron chi connectivity index (χ4n) is 5.75. The second-order valence-corrected chi connectivity index (χ2v) is 10.9. The standard InChI is InChI=1S/C26H35N5O6/c1-14(30(4)25(36)37)22(33)28-18-12-20(32)29-19-13-26(2,3)21(31(19)24(18)35)23(34)27-17-11-7-9-15-8-5-6-10-16(15)17/h5-6,8,10,14,17-19,21H,7,9,11-13H2,1-4H3,(H,27,34)(H,28,33)(H,29,32)(H,36,37)/t14-,17+,18-,19+,21?/m0/s1. The molecule has 5 amide bonds. The van der Waals surface area contributed by atoms with Crippen LogP contribution >= 0.6 is 0 Å². The van der Waals surface area contributed by atoms with Crippen molar-refractivity contribution < 1.29 is 29.1 Å². The maximum Gasteiger partial charge on any atom is 0.407 e. The minimum absolute atomic E-state index is 0.174. The SMILES string of the molecule is C[C@@H](C(=O)N[C@H]1CC(=O)N[C@H]2CC(C)(C)C(C(=O)N[C@@H]3CCCc4ccccc43)N2C1=O)N(C)C(=O)O. The molecule has 1 aromatic rings. The zero-order valence-corrected chi connectivity index (χ0v) is 21.6. The lowest BCUT2D eigenvalue weighted by Gasteiger charge is -2.36. The van der Waals surface area contributed by atoms with Crippen LogP contribution in [-0.4, -0.2) is 76.0 Å². The molecule has 0 spiro atoms. The second kappa shape index (κ2) is 10.0. The van der Waals surface area contributed by atoms with Gasteiger partial charge in [0.05, 0.1) is 12.5 Å². The molecule has 0 aromatic heterocycles. The van der Waals surface area contributed by atoms with Crippen molar-refractivity contribution in [3.05, 3.63) is 35.4 Å². The highest BCUT2D eigenvalue weighted by atomic mass is 16.4. The Balaban J connectivity index is 1.57. The molecule has 2 heterocycles. The summed E-state index contributed by atoms with van der Waals surface area (Å²) >= 11 is 0. The van der Waals surface area contributed by atoms with Crippen molar-refractivity contribution in [2.24, 2.45) is 5.41 Å². The topological polar surface area (TPSA) is 148 Å². The fourth-order valence-corrected chi connectivity index (χ4v) is 5.75. The van der Waals surface area contributed by atoms with Crippen LogP contribution in [0.2, 0.25) is 0 Å². The first-order valence-corrected chi connectivity index (χ1v) is 12.7. The highest BCUT2D eigenvalue weighted by molar-refractivity contribution is 5.98. The van der Waals surface area contributed by atoms with Crippen LogP contribution in [-0.2, 0) is 25.6 Å². The average Bonchev–Trinajstić information content (AvgIpc) is 3.05. The Bertz CT molecular complexity index is 1120. The van der Waals surface area contributed by atoms with E-state index in [0.717, 1.165) is 29.7 Å². The molecule has 200 valence electrons. The van der Waals surface area contributed by atoms with E-state index in [1.807, 2.05) is 32.0 Å². The predicted molar refractivity (Wildman–Crippen MR) is 133 cm³/mol. The number of carboxylic acid groups (broad SMARTS) is 1. The van der Waals surface area contributed by atoms with Crippen molar-refractivity contribution in [1.82, 2.24) is 25.8 Å². The molecule has 4 rings (SSSR count). The normalized spacial score (nSPS) is 27.2. The van der Waals surface area contributed by atoms with Gasteiger partial charge in [0.2, 0.25) is 23.6 Å². The lowest BCUT2D eigenvalue weighted by Crippen LogP contribution is -2.59. The maximum absolute atomic E-state index is 13.8. The van der Waals surface area contributed by atoms with Gasteiger partial charge in [0.15, 0.2) is 0 Å². The molecule has 2 aliphatic heterocycles. The number of aryl methyl sites for hydroxylation is 1. The Morgan fingerprint density at radius 2 is 1.86 bits per heavy atom. The number of carbonyl (C=O) groups excluding carboxylic acids is 4. The monoisotopic (exact) mass is 513 g/mol. The summed E-state index contributed by atoms with van der Waals surface area (Å²) in [6, 6.07) is 4.67. The third-order valence-corrected chi connectivity index (χ3v) is 7.86. The molecule has 1 aromatic carbocycles. The van der Waals surface area contributed by atoms with Gasteiger partial charge in [-0.15, -0.1) is 0 Å². The van der Waals surface area contributed by atoms with Crippen molar-refractivity contribution in [3.63, 3.8) is 0 Å². The van der Waals surface area contributed by atoms with Crippen molar-refractivity contribution >= 4 is 29.7 Å². The van der Waals surface area contributed by atoms with Crippen molar-refractivity contribution in [3.8, 4) is 0 Å². The van der Waals surface area contributed by atoms with Crippen LogP contribution in [0.4, 0.5) is 4.79 Å². The predicted octanol–water partition coefficient (Wildman–Crippen LogP) is 1.14. The molecule has 2 saturated heterocycles. The van der Waals surface area contributed by atoms with Gasteiger partial charge in [-0.1, -0.05) is 38.1 Å². The highest BCUT2D eigenvalue weighted by Gasteiger charge is 2.55. The number of fused-ring (bicyclic) bond motifs is 2. The number of carbonyl (C=O) groups is 5. The number of nitrogens with one attached hydrogen (secondary N) is 3. The van der Waals surface area contributed by atoms with Crippen LogP contribution in [0, 0.1) is 5.41 Å². The Hall–Kier alpha value is -3.63. The molecule has 0 radical (unpaired) electrons. The highest BCUT2D eigenvalue weighted by Crippen LogP contribution is 2.41. The van der Waals surface area contributed by atoms with E-state index in [4.69, 9.17) is 0 Å². The lowest BCUT2D eigenvalue weighted by atomic mass is 9.82. The second-order valence-electron chi connectivity index (χ2n) is 10.9. The van der Waals surface area contributed by atoms with Crippen molar-refractivity contribution in [2.75, 3.05) is 7.05 Å². The molecule has 0 saturated carbocycles. The van der Waals surface area contributed by atoms with Crippen LogP contribution in [0.15, 0.2) is 24.3 Å². The minimum atomic E-state index is -1.30. The van der Waals surface area contributed by atoms with Crippen LogP contribution in [0.5, 0.6) is 0 Å². The molecule has 1 unspecified atom stereocenters. The Morgan fingerprint density at radius 3 is 2.57 bits per heavy atom. The first-order valence-electron chi connectivity index (χ1n) is 12.7. The molecule has 37 heavy (non-hydrogen) atoms. The Morgan fingerprint density at radius 1 is 1.16 bits per heavy atom. The Labute approximate surface area is 215 Å². The molecule has 11 heteroatoms. The van der Waals surface area contributed by atoms with E-state index in [-0.39, 0.29) is 18.4 Å². The number of hydrogen-bond acceptors (Lipinski definition) is 5. The Kier molecular flexibility index (Phi) is 7.16. The summed E-state index contributed by atoms with van der Waals surface area (Å²) in [5, 5.41) is 17.7.